The topological polar surface area (TPSA) is 59.1 Å². The first-order valence-corrected chi connectivity index (χ1v) is 11.1. The van der Waals surface area contributed by atoms with E-state index in [9.17, 15) is 8.42 Å². The van der Waals surface area contributed by atoms with Crippen molar-refractivity contribution in [1.29, 1.82) is 0 Å². The molecule has 0 bridgehead atoms. The second-order valence-electron chi connectivity index (χ2n) is 6.46. The van der Waals surface area contributed by atoms with Gasteiger partial charge in [0.15, 0.2) is 0 Å². The van der Waals surface area contributed by atoms with Crippen LogP contribution < -0.4 is 4.72 Å². The summed E-state index contributed by atoms with van der Waals surface area (Å²) in [6.45, 7) is 0.177. The Morgan fingerprint density at radius 1 is 0.897 bits per heavy atom. The minimum Gasteiger partial charge on any atom is -0.256 e. The molecule has 1 heterocycles. The van der Waals surface area contributed by atoms with Gasteiger partial charge in [0, 0.05) is 33.7 Å². The highest BCUT2D eigenvalue weighted by Gasteiger charge is 2.15. The van der Waals surface area contributed by atoms with E-state index < -0.39 is 10.0 Å². The summed E-state index contributed by atoms with van der Waals surface area (Å²) in [5.74, 6) is 0. The van der Waals surface area contributed by atoms with Crippen LogP contribution in [0.2, 0.25) is 10.0 Å². The van der Waals surface area contributed by atoms with Crippen molar-refractivity contribution in [2.75, 3.05) is 0 Å². The minimum atomic E-state index is -3.67. The standard InChI is InChI=1S/C22H16Cl2N2O2S/c23-17-7-10-19(21(24)13-17)15-5-8-18(9-6-15)29(27,28)26-14-16-11-12-25-22-4-2-1-3-20(16)22/h1-13,26H,14H2. The normalized spacial score (nSPS) is 11.7. The van der Waals surface area contributed by atoms with Crippen LogP contribution in [0.25, 0.3) is 22.0 Å². The Kier molecular flexibility index (Phi) is 5.56. The van der Waals surface area contributed by atoms with E-state index in [0.29, 0.717) is 10.0 Å². The van der Waals surface area contributed by atoms with Crippen molar-refractivity contribution < 1.29 is 8.42 Å². The number of benzene rings is 3. The Morgan fingerprint density at radius 2 is 1.66 bits per heavy atom. The highest BCUT2D eigenvalue weighted by molar-refractivity contribution is 7.89. The van der Waals surface area contributed by atoms with Gasteiger partial charge in [-0.3, -0.25) is 4.98 Å². The quantitative estimate of drug-likeness (QED) is 0.431. The highest BCUT2D eigenvalue weighted by atomic mass is 35.5. The van der Waals surface area contributed by atoms with Crippen LogP contribution in [0.5, 0.6) is 0 Å². The summed E-state index contributed by atoms with van der Waals surface area (Å²) in [6.07, 6.45) is 1.68. The number of rotatable bonds is 5. The van der Waals surface area contributed by atoms with Crippen LogP contribution in [0.1, 0.15) is 5.56 Å². The summed E-state index contributed by atoms with van der Waals surface area (Å²) in [6, 6.07) is 21.2. The molecule has 0 aliphatic carbocycles. The molecule has 0 unspecified atom stereocenters. The molecule has 146 valence electrons. The number of sulfonamides is 1. The lowest BCUT2D eigenvalue weighted by atomic mass is 10.1. The number of aromatic nitrogens is 1. The molecule has 0 aliphatic heterocycles. The van der Waals surface area contributed by atoms with Gasteiger partial charge in [-0.1, -0.05) is 59.6 Å². The number of nitrogens with one attached hydrogen (secondary N) is 1. The average Bonchev–Trinajstić information content (AvgIpc) is 2.72. The van der Waals surface area contributed by atoms with E-state index in [1.807, 2.05) is 30.3 Å². The molecular formula is C22H16Cl2N2O2S. The van der Waals surface area contributed by atoms with Crippen LogP contribution in [0, 0.1) is 0 Å². The van der Waals surface area contributed by atoms with Crippen molar-refractivity contribution in [3.63, 3.8) is 0 Å². The molecule has 1 N–H and O–H groups in total. The number of pyridine rings is 1. The average molecular weight is 443 g/mol. The molecule has 4 rings (SSSR count). The summed E-state index contributed by atoms with van der Waals surface area (Å²) in [4.78, 5) is 4.48. The molecule has 0 aliphatic rings. The molecule has 4 nitrogen and oxygen atoms in total. The molecule has 29 heavy (non-hydrogen) atoms. The van der Waals surface area contributed by atoms with Crippen LogP contribution in [-0.2, 0) is 16.6 Å². The Bertz CT molecular complexity index is 1280. The summed E-state index contributed by atoms with van der Waals surface area (Å²) < 4.78 is 28.1. The third kappa shape index (κ3) is 4.28. The van der Waals surface area contributed by atoms with E-state index in [2.05, 4.69) is 9.71 Å². The van der Waals surface area contributed by atoms with Crippen molar-refractivity contribution in [2.24, 2.45) is 0 Å². The van der Waals surface area contributed by atoms with Gasteiger partial charge in [0.05, 0.1) is 10.4 Å². The van der Waals surface area contributed by atoms with Crippen LogP contribution in [-0.4, -0.2) is 13.4 Å². The molecule has 0 saturated carbocycles. The van der Waals surface area contributed by atoms with Crippen LogP contribution in [0.3, 0.4) is 0 Å². The summed E-state index contributed by atoms with van der Waals surface area (Å²) >= 11 is 12.2. The molecule has 0 amide bonds. The van der Waals surface area contributed by atoms with Gasteiger partial charge in [0.2, 0.25) is 10.0 Å². The maximum atomic E-state index is 12.7. The SMILES string of the molecule is O=S(=O)(NCc1ccnc2ccccc12)c1ccc(-c2ccc(Cl)cc2Cl)cc1. The largest absolute Gasteiger partial charge is 0.256 e. The van der Waals surface area contributed by atoms with E-state index in [1.165, 1.54) is 0 Å². The van der Waals surface area contributed by atoms with Gasteiger partial charge < -0.3 is 0 Å². The van der Waals surface area contributed by atoms with Gasteiger partial charge >= 0.3 is 0 Å². The van der Waals surface area contributed by atoms with Gasteiger partial charge in [0.1, 0.15) is 0 Å². The number of fused-ring (bicyclic) bond motifs is 1. The van der Waals surface area contributed by atoms with E-state index in [0.717, 1.165) is 27.6 Å². The predicted octanol–water partition coefficient (Wildman–Crippen LogP) is 5.69. The third-order valence-corrected chi connectivity index (χ3v) is 6.56. The maximum Gasteiger partial charge on any atom is 0.240 e. The number of para-hydroxylation sites is 1. The fourth-order valence-electron chi connectivity index (χ4n) is 3.10. The molecule has 0 spiro atoms. The van der Waals surface area contributed by atoms with E-state index >= 15 is 0 Å². The summed E-state index contributed by atoms with van der Waals surface area (Å²) in [5.41, 5.74) is 3.29. The van der Waals surface area contributed by atoms with E-state index in [4.69, 9.17) is 23.2 Å². The fourth-order valence-corrected chi connectivity index (χ4v) is 4.63. The Labute approximate surface area is 179 Å². The lowest BCUT2D eigenvalue weighted by molar-refractivity contribution is 0.581. The monoisotopic (exact) mass is 442 g/mol. The number of hydrogen-bond donors (Lipinski definition) is 1. The molecule has 0 atom stereocenters. The van der Waals surface area contributed by atoms with Crippen molar-refractivity contribution in [3.05, 3.63) is 94.6 Å². The zero-order chi connectivity index (χ0) is 20.4. The highest BCUT2D eigenvalue weighted by Crippen LogP contribution is 2.31. The molecule has 0 fully saturated rings. The Balaban J connectivity index is 1.56. The lowest BCUT2D eigenvalue weighted by Gasteiger charge is -2.10. The first-order chi connectivity index (χ1) is 13.9. The van der Waals surface area contributed by atoms with Gasteiger partial charge in [-0.05, 0) is 47.5 Å². The molecule has 4 aromatic rings. The molecular weight excluding hydrogens is 427 g/mol. The summed E-state index contributed by atoms with van der Waals surface area (Å²) in [7, 11) is -3.67. The molecule has 0 saturated heterocycles. The third-order valence-electron chi connectivity index (χ3n) is 4.60. The maximum absolute atomic E-state index is 12.7. The van der Waals surface area contributed by atoms with Gasteiger partial charge in [0.25, 0.3) is 0 Å². The Hall–Kier alpha value is -2.44. The van der Waals surface area contributed by atoms with Crippen molar-refractivity contribution >= 4 is 44.1 Å². The smallest absolute Gasteiger partial charge is 0.240 e. The summed E-state index contributed by atoms with van der Waals surface area (Å²) in [5, 5.41) is 1.98. The Morgan fingerprint density at radius 3 is 2.41 bits per heavy atom. The first-order valence-electron chi connectivity index (χ1n) is 8.82. The molecule has 7 heteroatoms. The van der Waals surface area contributed by atoms with Crippen molar-refractivity contribution in [3.8, 4) is 11.1 Å². The lowest BCUT2D eigenvalue weighted by Crippen LogP contribution is -2.23. The fraction of sp³-hybridized carbons (Fsp3) is 0.0455. The second kappa shape index (κ2) is 8.13. The minimum absolute atomic E-state index is 0.177. The van der Waals surface area contributed by atoms with Gasteiger partial charge in [-0.15, -0.1) is 0 Å². The molecule has 1 aromatic heterocycles. The van der Waals surface area contributed by atoms with Crippen LogP contribution in [0.4, 0.5) is 0 Å². The number of hydrogen-bond acceptors (Lipinski definition) is 3. The first kappa shape index (κ1) is 19.9. The van der Waals surface area contributed by atoms with Crippen LogP contribution in [0.15, 0.2) is 83.9 Å². The zero-order valence-electron chi connectivity index (χ0n) is 15.1. The predicted molar refractivity (Wildman–Crippen MR) is 118 cm³/mol. The van der Waals surface area contributed by atoms with E-state index in [1.54, 1.807) is 48.7 Å². The number of halogens is 2. The van der Waals surface area contributed by atoms with Gasteiger partial charge in [-0.2, -0.15) is 0 Å². The number of nitrogens with zero attached hydrogens (tertiary/aromatic N) is 1. The van der Waals surface area contributed by atoms with Crippen LogP contribution >= 0.6 is 23.2 Å². The van der Waals surface area contributed by atoms with Crippen molar-refractivity contribution in [2.45, 2.75) is 11.4 Å². The van der Waals surface area contributed by atoms with Crippen molar-refractivity contribution in [1.82, 2.24) is 9.71 Å². The van der Waals surface area contributed by atoms with Gasteiger partial charge in [-0.25, -0.2) is 13.1 Å². The zero-order valence-corrected chi connectivity index (χ0v) is 17.5. The molecule has 0 radical (unpaired) electrons. The molecule has 3 aromatic carbocycles. The second-order valence-corrected chi connectivity index (χ2v) is 9.07. The van der Waals surface area contributed by atoms with E-state index in [-0.39, 0.29) is 11.4 Å².